The third-order valence-electron chi connectivity index (χ3n) is 5.55. The second kappa shape index (κ2) is 6.96. The van der Waals surface area contributed by atoms with E-state index in [0.29, 0.717) is 23.6 Å². The molecule has 0 amide bonds. The van der Waals surface area contributed by atoms with Gasteiger partial charge in [-0.2, -0.15) is 4.98 Å². The predicted molar refractivity (Wildman–Crippen MR) is 112 cm³/mol. The summed E-state index contributed by atoms with van der Waals surface area (Å²) in [7, 11) is 1.69. The van der Waals surface area contributed by atoms with E-state index >= 15 is 0 Å². The number of hydrogen-bond acceptors (Lipinski definition) is 4. The molecule has 2 aromatic heterocycles. The van der Waals surface area contributed by atoms with Crippen molar-refractivity contribution in [2.75, 3.05) is 11.4 Å². The van der Waals surface area contributed by atoms with Gasteiger partial charge in [0.05, 0.1) is 0 Å². The summed E-state index contributed by atoms with van der Waals surface area (Å²) >= 11 is 0. The molecule has 28 heavy (non-hydrogen) atoms. The summed E-state index contributed by atoms with van der Waals surface area (Å²) in [6, 6.07) is 8.47. The number of aromatic nitrogens is 4. The first-order chi connectivity index (χ1) is 13.5. The first kappa shape index (κ1) is 18.5. The Morgan fingerprint density at radius 1 is 1.11 bits per heavy atom. The minimum atomic E-state index is -0.304. The number of rotatable bonds is 4. The van der Waals surface area contributed by atoms with Crippen LogP contribution < -0.4 is 16.1 Å². The van der Waals surface area contributed by atoms with Gasteiger partial charge in [-0.25, -0.2) is 4.79 Å². The molecule has 0 saturated heterocycles. The molecule has 0 fully saturated rings. The Balaban J connectivity index is 1.96. The number of anilines is 2. The van der Waals surface area contributed by atoms with E-state index < -0.39 is 0 Å². The molecule has 7 nitrogen and oxygen atoms in total. The molecule has 1 aromatic carbocycles. The molecular weight excluding hydrogens is 354 g/mol. The van der Waals surface area contributed by atoms with Gasteiger partial charge < -0.3 is 9.47 Å². The molecule has 1 aliphatic rings. The van der Waals surface area contributed by atoms with Crippen molar-refractivity contribution in [3.05, 3.63) is 50.7 Å². The predicted octanol–water partition coefficient (Wildman–Crippen LogP) is 2.66. The second-order valence-electron chi connectivity index (χ2n) is 7.73. The topological polar surface area (TPSA) is 65.1 Å². The lowest BCUT2D eigenvalue weighted by Crippen LogP contribution is -2.40. The van der Waals surface area contributed by atoms with Crippen LogP contribution in [0.2, 0.25) is 0 Å². The van der Waals surface area contributed by atoms with Crippen molar-refractivity contribution in [2.45, 2.75) is 46.7 Å². The van der Waals surface area contributed by atoms with Gasteiger partial charge in [-0.05, 0) is 36.5 Å². The van der Waals surface area contributed by atoms with Gasteiger partial charge in [0, 0.05) is 32.4 Å². The summed E-state index contributed by atoms with van der Waals surface area (Å²) in [6.45, 7) is 8.24. The van der Waals surface area contributed by atoms with Crippen LogP contribution in [0.3, 0.4) is 0 Å². The zero-order valence-corrected chi connectivity index (χ0v) is 17.0. The van der Waals surface area contributed by atoms with Crippen LogP contribution in [0.5, 0.6) is 0 Å². The third kappa shape index (κ3) is 2.77. The fraction of sp³-hybridized carbons (Fsp3) is 0.476. The highest BCUT2D eigenvalue weighted by atomic mass is 16.2. The molecular formula is C21H27N5O2. The van der Waals surface area contributed by atoms with Crippen molar-refractivity contribution in [1.82, 2.24) is 18.7 Å². The Hall–Kier alpha value is -2.83. The van der Waals surface area contributed by atoms with Gasteiger partial charge in [0.1, 0.15) is 0 Å². The fourth-order valence-corrected chi connectivity index (χ4v) is 4.06. The van der Waals surface area contributed by atoms with Gasteiger partial charge in [-0.3, -0.25) is 13.9 Å². The maximum atomic E-state index is 13.1. The van der Waals surface area contributed by atoms with E-state index in [1.807, 2.05) is 11.5 Å². The number of imidazole rings is 1. The van der Waals surface area contributed by atoms with Crippen LogP contribution >= 0.6 is 0 Å². The van der Waals surface area contributed by atoms with Crippen LogP contribution in [0.1, 0.15) is 32.8 Å². The van der Waals surface area contributed by atoms with Crippen molar-refractivity contribution in [1.29, 1.82) is 0 Å². The molecule has 0 N–H and O–H groups in total. The van der Waals surface area contributed by atoms with E-state index in [1.54, 1.807) is 7.05 Å². The van der Waals surface area contributed by atoms with E-state index in [2.05, 4.69) is 43.0 Å². The highest BCUT2D eigenvalue weighted by molar-refractivity contribution is 5.77. The maximum absolute atomic E-state index is 13.1. The number of hydrogen-bond donors (Lipinski definition) is 0. The average molecular weight is 381 g/mol. The maximum Gasteiger partial charge on any atom is 0.332 e. The van der Waals surface area contributed by atoms with E-state index in [9.17, 15) is 9.59 Å². The second-order valence-corrected chi connectivity index (χ2v) is 7.73. The van der Waals surface area contributed by atoms with Crippen LogP contribution in [0, 0.1) is 5.92 Å². The van der Waals surface area contributed by atoms with Crippen molar-refractivity contribution in [3.63, 3.8) is 0 Å². The molecule has 0 saturated carbocycles. The van der Waals surface area contributed by atoms with Crippen LogP contribution in [0.15, 0.2) is 33.9 Å². The molecule has 3 heterocycles. The molecule has 148 valence electrons. The van der Waals surface area contributed by atoms with Gasteiger partial charge in [-0.1, -0.05) is 32.9 Å². The number of fused-ring (bicyclic) bond motifs is 3. The molecule has 0 spiro atoms. The number of nitrogens with zero attached hydrogens (tertiary/aromatic N) is 5. The summed E-state index contributed by atoms with van der Waals surface area (Å²) in [4.78, 5) is 32.7. The molecule has 1 aliphatic heterocycles. The minimum Gasteiger partial charge on any atom is -0.312 e. The normalized spacial score (nSPS) is 16.6. The van der Waals surface area contributed by atoms with Crippen LogP contribution in [-0.2, 0) is 26.6 Å². The smallest absolute Gasteiger partial charge is 0.312 e. The molecule has 1 atom stereocenters. The summed E-state index contributed by atoms with van der Waals surface area (Å²) < 4.78 is 4.82. The number of benzene rings is 1. The van der Waals surface area contributed by atoms with Gasteiger partial charge in [-0.15, -0.1) is 0 Å². The van der Waals surface area contributed by atoms with E-state index in [4.69, 9.17) is 4.98 Å². The Labute approximate surface area is 163 Å². The molecule has 0 radical (unpaired) electrons. The Kier molecular flexibility index (Phi) is 4.61. The molecule has 4 rings (SSSR count). The summed E-state index contributed by atoms with van der Waals surface area (Å²) in [5.74, 6) is 1.09. The SMILES string of the molecule is CCCn1c(=O)c2c(nc3n2CC(C)CN3c2ccc(CC)cc2)n(C)c1=O. The summed E-state index contributed by atoms with van der Waals surface area (Å²) in [5, 5.41) is 0. The van der Waals surface area contributed by atoms with Gasteiger partial charge >= 0.3 is 5.69 Å². The minimum absolute atomic E-state index is 0.242. The monoisotopic (exact) mass is 381 g/mol. The summed E-state index contributed by atoms with van der Waals surface area (Å²) in [6.07, 6.45) is 1.72. The highest BCUT2D eigenvalue weighted by Crippen LogP contribution is 2.32. The summed E-state index contributed by atoms with van der Waals surface area (Å²) in [5.41, 5.74) is 2.77. The lowest BCUT2D eigenvalue weighted by Gasteiger charge is -2.33. The lowest BCUT2D eigenvalue weighted by atomic mass is 10.1. The lowest BCUT2D eigenvalue weighted by molar-refractivity contribution is 0.457. The average Bonchev–Trinajstić information content (AvgIpc) is 3.08. The fourth-order valence-electron chi connectivity index (χ4n) is 4.06. The van der Waals surface area contributed by atoms with Crippen molar-refractivity contribution in [3.8, 4) is 0 Å². The van der Waals surface area contributed by atoms with Crippen LogP contribution in [-0.4, -0.2) is 25.2 Å². The van der Waals surface area contributed by atoms with E-state index in [-0.39, 0.29) is 11.2 Å². The Morgan fingerprint density at radius 2 is 1.82 bits per heavy atom. The molecule has 3 aromatic rings. The molecule has 7 heteroatoms. The van der Waals surface area contributed by atoms with Crippen LogP contribution in [0.4, 0.5) is 11.6 Å². The standard InChI is InChI=1S/C21H27N5O2/c1-5-11-24-19(27)17-18(23(4)21(24)28)22-20-25(12-14(3)13-26(17)20)16-9-7-15(6-2)8-10-16/h7-10,14H,5-6,11-13H2,1-4H3. The van der Waals surface area contributed by atoms with Crippen molar-refractivity contribution >= 4 is 22.8 Å². The first-order valence-electron chi connectivity index (χ1n) is 10.0. The van der Waals surface area contributed by atoms with Crippen LogP contribution in [0.25, 0.3) is 11.2 Å². The van der Waals surface area contributed by atoms with Gasteiger partial charge in [0.2, 0.25) is 5.95 Å². The third-order valence-corrected chi connectivity index (χ3v) is 5.55. The molecule has 0 bridgehead atoms. The Bertz CT molecular complexity index is 1140. The van der Waals surface area contributed by atoms with E-state index in [0.717, 1.165) is 37.6 Å². The zero-order valence-electron chi connectivity index (χ0n) is 17.0. The molecule has 0 aliphatic carbocycles. The quantitative estimate of drug-likeness (QED) is 0.697. The van der Waals surface area contributed by atoms with Gasteiger partial charge in [0.25, 0.3) is 5.56 Å². The number of aryl methyl sites for hydroxylation is 2. The largest absolute Gasteiger partial charge is 0.332 e. The zero-order chi connectivity index (χ0) is 20.0. The van der Waals surface area contributed by atoms with Crippen molar-refractivity contribution < 1.29 is 0 Å². The van der Waals surface area contributed by atoms with E-state index in [1.165, 1.54) is 14.7 Å². The highest BCUT2D eigenvalue weighted by Gasteiger charge is 2.29. The first-order valence-corrected chi connectivity index (χ1v) is 10.0. The molecule has 1 unspecified atom stereocenters. The van der Waals surface area contributed by atoms with Crippen molar-refractivity contribution in [2.24, 2.45) is 13.0 Å². The Morgan fingerprint density at radius 3 is 2.46 bits per heavy atom. The van der Waals surface area contributed by atoms with Gasteiger partial charge in [0.15, 0.2) is 11.2 Å².